The minimum absolute atomic E-state index is 0.150. The minimum Gasteiger partial charge on any atom is -0.497 e. The van der Waals surface area contributed by atoms with Crippen LogP contribution in [0.25, 0.3) is 0 Å². The highest BCUT2D eigenvalue weighted by molar-refractivity contribution is 7.92. The quantitative estimate of drug-likeness (QED) is 0.741. The second-order valence-electron chi connectivity index (χ2n) is 7.56. The Bertz CT molecular complexity index is 1050. The van der Waals surface area contributed by atoms with Crippen molar-refractivity contribution < 1.29 is 22.7 Å². The number of fused-ring (bicyclic) bond motifs is 1. The summed E-state index contributed by atoms with van der Waals surface area (Å²) >= 11 is 6.23. The summed E-state index contributed by atoms with van der Waals surface area (Å²) < 4.78 is 36.4. The zero-order chi connectivity index (χ0) is 21.4. The van der Waals surface area contributed by atoms with Crippen LogP contribution in [0.1, 0.15) is 42.2 Å². The van der Waals surface area contributed by atoms with Gasteiger partial charge in [0.05, 0.1) is 30.0 Å². The first-order valence-corrected chi connectivity index (χ1v) is 11.2. The van der Waals surface area contributed by atoms with Gasteiger partial charge in [0.1, 0.15) is 17.1 Å². The largest absolute Gasteiger partial charge is 0.497 e. The van der Waals surface area contributed by atoms with E-state index in [9.17, 15) is 13.2 Å². The lowest BCUT2D eigenvalue weighted by atomic mass is 9.89. The van der Waals surface area contributed by atoms with Crippen LogP contribution >= 0.6 is 11.6 Å². The molecule has 0 saturated heterocycles. The number of carbonyl (C=O) groups is 1. The summed E-state index contributed by atoms with van der Waals surface area (Å²) in [5, 5.41) is 3.16. The summed E-state index contributed by atoms with van der Waals surface area (Å²) in [5.41, 5.74) is 0.915. The van der Waals surface area contributed by atoms with E-state index in [1.807, 2.05) is 26.0 Å². The zero-order valence-electron chi connectivity index (χ0n) is 16.6. The maximum atomic E-state index is 12.9. The fraction of sp³-hybridized carbons (Fsp3) is 0.350. The molecule has 0 saturated carbocycles. The number of amides is 1. The molecule has 0 unspecified atom stereocenters. The van der Waals surface area contributed by atoms with Crippen LogP contribution in [0.3, 0.4) is 0 Å². The lowest BCUT2D eigenvalue weighted by Crippen LogP contribution is -2.41. The number of anilines is 1. The molecule has 0 radical (unpaired) electrons. The van der Waals surface area contributed by atoms with Crippen LogP contribution in [0.2, 0.25) is 5.02 Å². The molecule has 2 aromatic rings. The molecular weight excluding hydrogens is 416 g/mol. The van der Waals surface area contributed by atoms with E-state index in [1.165, 1.54) is 18.2 Å². The molecule has 0 aliphatic carbocycles. The van der Waals surface area contributed by atoms with Gasteiger partial charge < -0.3 is 14.8 Å². The van der Waals surface area contributed by atoms with Gasteiger partial charge >= 0.3 is 0 Å². The molecule has 7 nitrogen and oxygen atoms in total. The Morgan fingerprint density at radius 3 is 2.59 bits per heavy atom. The molecule has 156 valence electrons. The molecule has 3 rings (SSSR count). The molecule has 1 amide bonds. The van der Waals surface area contributed by atoms with E-state index in [-0.39, 0.29) is 22.5 Å². The van der Waals surface area contributed by atoms with Crippen molar-refractivity contribution in [2.24, 2.45) is 0 Å². The fourth-order valence-corrected chi connectivity index (χ4v) is 4.12. The molecule has 1 aliphatic rings. The van der Waals surface area contributed by atoms with Gasteiger partial charge in [-0.1, -0.05) is 11.6 Å². The van der Waals surface area contributed by atoms with E-state index < -0.39 is 15.6 Å². The molecule has 29 heavy (non-hydrogen) atoms. The Labute approximate surface area is 175 Å². The van der Waals surface area contributed by atoms with Gasteiger partial charge in [0, 0.05) is 23.7 Å². The third-order valence-corrected chi connectivity index (χ3v) is 5.42. The van der Waals surface area contributed by atoms with Crippen molar-refractivity contribution in [3.05, 3.63) is 52.5 Å². The summed E-state index contributed by atoms with van der Waals surface area (Å²) in [6.07, 6.45) is 1.62. The first-order chi connectivity index (χ1) is 13.5. The number of ether oxygens (including phenoxy) is 2. The third kappa shape index (κ3) is 5.13. The predicted octanol–water partition coefficient (Wildman–Crippen LogP) is 3.75. The van der Waals surface area contributed by atoms with Gasteiger partial charge in [-0.3, -0.25) is 9.52 Å². The summed E-state index contributed by atoms with van der Waals surface area (Å²) in [4.78, 5) is 12.9. The number of rotatable bonds is 5. The third-order valence-electron chi connectivity index (χ3n) is 4.50. The SMILES string of the molecule is COc1ccc2c(c1)OC(C)(C)C[C@@H]2NC(=O)c1ccc(NS(C)(=O)=O)cc1Cl. The Kier molecular flexibility index (Phi) is 5.69. The summed E-state index contributed by atoms with van der Waals surface area (Å²) in [7, 11) is -1.85. The second-order valence-corrected chi connectivity index (χ2v) is 9.72. The highest BCUT2D eigenvalue weighted by atomic mass is 35.5. The average molecular weight is 439 g/mol. The highest BCUT2D eigenvalue weighted by Gasteiger charge is 2.35. The molecule has 9 heteroatoms. The van der Waals surface area contributed by atoms with Crippen LogP contribution in [-0.2, 0) is 10.0 Å². The predicted molar refractivity (Wildman–Crippen MR) is 112 cm³/mol. The van der Waals surface area contributed by atoms with E-state index in [1.54, 1.807) is 13.2 Å². The first kappa shape index (κ1) is 21.3. The molecule has 0 fully saturated rings. The number of benzene rings is 2. The molecular formula is C20H23ClN2O5S. The molecule has 0 spiro atoms. The van der Waals surface area contributed by atoms with Crippen LogP contribution < -0.4 is 19.5 Å². The normalized spacial score (nSPS) is 17.6. The van der Waals surface area contributed by atoms with Gasteiger partial charge in [-0.05, 0) is 44.2 Å². The van der Waals surface area contributed by atoms with Crippen molar-refractivity contribution >= 4 is 33.2 Å². The molecule has 2 aromatic carbocycles. The van der Waals surface area contributed by atoms with Crippen molar-refractivity contribution in [2.75, 3.05) is 18.1 Å². The van der Waals surface area contributed by atoms with Gasteiger partial charge in [0.15, 0.2) is 0 Å². The maximum Gasteiger partial charge on any atom is 0.253 e. The molecule has 2 N–H and O–H groups in total. The average Bonchev–Trinajstić information content (AvgIpc) is 2.58. The van der Waals surface area contributed by atoms with Crippen LogP contribution in [0.15, 0.2) is 36.4 Å². The van der Waals surface area contributed by atoms with E-state index in [4.69, 9.17) is 21.1 Å². The van der Waals surface area contributed by atoms with E-state index >= 15 is 0 Å². The Hall–Kier alpha value is -2.45. The molecule has 1 atom stereocenters. The molecule has 0 bridgehead atoms. The smallest absolute Gasteiger partial charge is 0.253 e. The van der Waals surface area contributed by atoms with Gasteiger partial charge in [-0.15, -0.1) is 0 Å². The molecule has 1 heterocycles. The zero-order valence-corrected chi connectivity index (χ0v) is 18.1. The van der Waals surface area contributed by atoms with Crippen molar-refractivity contribution in [1.82, 2.24) is 5.32 Å². The van der Waals surface area contributed by atoms with Gasteiger partial charge in [0.25, 0.3) is 5.91 Å². The Morgan fingerprint density at radius 2 is 1.97 bits per heavy atom. The number of methoxy groups -OCH3 is 1. The first-order valence-electron chi connectivity index (χ1n) is 8.92. The summed E-state index contributed by atoms with van der Waals surface area (Å²) in [6, 6.07) is 9.60. The van der Waals surface area contributed by atoms with Crippen LogP contribution in [0, 0.1) is 0 Å². The van der Waals surface area contributed by atoms with E-state index in [0.29, 0.717) is 23.6 Å². The summed E-state index contributed by atoms with van der Waals surface area (Å²) in [6.45, 7) is 3.90. The van der Waals surface area contributed by atoms with Gasteiger partial charge in [0.2, 0.25) is 10.0 Å². The number of sulfonamides is 1. The standard InChI is InChI=1S/C20H23ClN2O5S/c1-20(2)11-17(15-8-6-13(27-3)10-18(15)28-20)22-19(24)14-7-5-12(9-16(14)21)23-29(4,25)26/h5-10,17,23H,11H2,1-4H3,(H,22,24)/t17-/m0/s1. The second kappa shape index (κ2) is 7.76. The van der Waals surface area contributed by atoms with Crippen molar-refractivity contribution in [3.8, 4) is 11.5 Å². The minimum atomic E-state index is -3.44. The Balaban J connectivity index is 1.85. The van der Waals surface area contributed by atoms with Crippen LogP contribution in [-0.4, -0.2) is 33.3 Å². The van der Waals surface area contributed by atoms with Crippen molar-refractivity contribution in [3.63, 3.8) is 0 Å². The number of hydrogen-bond acceptors (Lipinski definition) is 5. The topological polar surface area (TPSA) is 93.7 Å². The maximum absolute atomic E-state index is 12.9. The lowest BCUT2D eigenvalue weighted by Gasteiger charge is -2.38. The number of halogens is 1. The van der Waals surface area contributed by atoms with Crippen molar-refractivity contribution in [2.45, 2.75) is 31.9 Å². The Morgan fingerprint density at radius 1 is 1.24 bits per heavy atom. The monoisotopic (exact) mass is 438 g/mol. The van der Waals surface area contributed by atoms with Gasteiger partial charge in [-0.2, -0.15) is 0 Å². The van der Waals surface area contributed by atoms with Gasteiger partial charge in [-0.25, -0.2) is 8.42 Å². The molecule has 0 aromatic heterocycles. The number of nitrogens with one attached hydrogen (secondary N) is 2. The van der Waals surface area contributed by atoms with E-state index in [0.717, 1.165) is 11.8 Å². The molecule has 1 aliphatic heterocycles. The fourth-order valence-electron chi connectivity index (χ4n) is 3.30. The lowest BCUT2D eigenvalue weighted by molar-refractivity contribution is 0.0617. The van der Waals surface area contributed by atoms with Crippen molar-refractivity contribution in [1.29, 1.82) is 0 Å². The number of carbonyl (C=O) groups excluding carboxylic acids is 1. The van der Waals surface area contributed by atoms with Crippen LogP contribution in [0.4, 0.5) is 5.69 Å². The summed E-state index contributed by atoms with van der Waals surface area (Å²) in [5.74, 6) is 0.971. The van der Waals surface area contributed by atoms with E-state index in [2.05, 4.69) is 10.0 Å². The number of hydrogen-bond donors (Lipinski definition) is 2. The highest BCUT2D eigenvalue weighted by Crippen LogP contribution is 2.41. The van der Waals surface area contributed by atoms with Crippen LogP contribution in [0.5, 0.6) is 11.5 Å².